The average Bonchev–Trinajstić information content (AvgIpc) is 2.54. The zero-order valence-corrected chi connectivity index (χ0v) is 12.5. The Labute approximate surface area is 128 Å². The van der Waals surface area contributed by atoms with Crippen LogP contribution in [0.2, 0.25) is 0 Å². The van der Waals surface area contributed by atoms with Gasteiger partial charge in [-0.25, -0.2) is 4.79 Å². The molecule has 1 aromatic rings. The van der Waals surface area contributed by atoms with Crippen LogP contribution in [0, 0.1) is 5.92 Å². The Kier molecular flexibility index (Phi) is 5.14. The smallest absolute Gasteiger partial charge is 0.335 e. The molecule has 0 spiro atoms. The SMILES string of the molecule is CNC(=O)C1CCC(NC(=O)c2ccc(C(=O)O)cc2)CC1. The third-order valence-corrected chi connectivity index (χ3v) is 4.07. The number of carboxylic acids is 1. The summed E-state index contributed by atoms with van der Waals surface area (Å²) in [5, 5.41) is 14.4. The molecule has 1 aromatic carbocycles. The predicted molar refractivity (Wildman–Crippen MR) is 80.7 cm³/mol. The third kappa shape index (κ3) is 3.84. The first-order valence-electron chi connectivity index (χ1n) is 7.37. The molecule has 0 bridgehead atoms. The molecule has 6 nitrogen and oxygen atoms in total. The van der Waals surface area contributed by atoms with E-state index in [2.05, 4.69) is 10.6 Å². The summed E-state index contributed by atoms with van der Waals surface area (Å²) >= 11 is 0. The highest BCUT2D eigenvalue weighted by Crippen LogP contribution is 2.24. The zero-order valence-electron chi connectivity index (χ0n) is 12.5. The van der Waals surface area contributed by atoms with E-state index in [4.69, 9.17) is 5.11 Å². The summed E-state index contributed by atoms with van der Waals surface area (Å²) in [5.74, 6) is -1.12. The van der Waals surface area contributed by atoms with Gasteiger partial charge in [0.25, 0.3) is 5.91 Å². The number of rotatable bonds is 4. The lowest BCUT2D eigenvalue weighted by molar-refractivity contribution is -0.125. The number of carboxylic acid groups (broad SMARTS) is 1. The van der Waals surface area contributed by atoms with Gasteiger partial charge in [0.15, 0.2) is 0 Å². The van der Waals surface area contributed by atoms with E-state index >= 15 is 0 Å². The molecule has 0 aromatic heterocycles. The molecule has 118 valence electrons. The summed E-state index contributed by atoms with van der Waals surface area (Å²) in [7, 11) is 1.64. The largest absolute Gasteiger partial charge is 0.478 e. The molecule has 0 aliphatic heterocycles. The Balaban J connectivity index is 1.88. The van der Waals surface area contributed by atoms with Crippen molar-refractivity contribution in [3.63, 3.8) is 0 Å². The first-order valence-corrected chi connectivity index (χ1v) is 7.37. The maximum absolute atomic E-state index is 12.1. The van der Waals surface area contributed by atoms with Crippen LogP contribution in [0.15, 0.2) is 24.3 Å². The maximum atomic E-state index is 12.1. The van der Waals surface area contributed by atoms with Crippen molar-refractivity contribution < 1.29 is 19.5 Å². The number of benzene rings is 1. The second-order valence-electron chi connectivity index (χ2n) is 5.52. The number of amides is 2. The van der Waals surface area contributed by atoms with E-state index in [1.54, 1.807) is 7.05 Å². The van der Waals surface area contributed by atoms with E-state index in [1.165, 1.54) is 24.3 Å². The van der Waals surface area contributed by atoms with Crippen LogP contribution in [-0.4, -0.2) is 36.0 Å². The zero-order chi connectivity index (χ0) is 16.1. The van der Waals surface area contributed by atoms with Crippen LogP contribution in [0.25, 0.3) is 0 Å². The molecule has 1 aliphatic carbocycles. The Morgan fingerprint density at radius 3 is 2.05 bits per heavy atom. The van der Waals surface area contributed by atoms with Gasteiger partial charge in [0.1, 0.15) is 0 Å². The minimum atomic E-state index is -1.01. The minimum Gasteiger partial charge on any atom is -0.478 e. The van der Waals surface area contributed by atoms with Gasteiger partial charge >= 0.3 is 5.97 Å². The van der Waals surface area contributed by atoms with Crippen LogP contribution in [0.4, 0.5) is 0 Å². The predicted octanol–water partition coefficient (Wildman–Crippen LogP) is 1.42. The van der Waals surface area contributed by atoms with Gasteiger partial charge < -0.3 is 15.7 Å². The van der Waals surface area contributed by atoms with Gasteiger partial charge in [-0.3, -0.25) is 9.59 Å². The molecule has 22 heavy (non-hydrogen) atoms. The van der Waals surface area contributed by atoms with Crippen LogP contribution in [0.5, 0.6) is 0 Å². The van der Waals surface area contributed by atoms with Crippen LogP contribution >= 0.6 is 0 Å². The van der Waals surface area contributed by atoms with Crippen molar-refractivity contribution in [1.82, 2.24) is 10.6 Å². The van der Waals surface area contributed by atoms with Crippen molar-refractivity contribution in [2.24, 2.45) is 5.92 Å². The Hall–Kier alpha value is -2.37. The lowest BCUT2D eigenvalue weighted by atomic mass is 9.85. The highest BCUT2D eigenvalue weighted by atomic mass is 16.4. The number of carbonyl (C=O) groups excluding carboxylic acids is 2. The van der Waals surface area contributed by atoms with Crippen LogP contribution in [0.1, 0.15) is 46.4 Å². The van der Waals surface area contributed by atoms with Gasteiger partial charge in [-0.2, -0.15) is 0 Å². The second kappa shape index (κ2) is 7.06. The normalized spacial score (nSPS) is 21.0. The monoisotopic (exact) mass is 304 g/mol. The molecular weight excluding hydrogens is 284 g/mol. The first kappa shape index (κ1) is 16.0. The molecule has 0 atom stereocenters. The van der Waals surface area contributed by atoms with Crippen LogP contribution < -0.4 is 10.6 Å². The van der Waals surface area contributed by atoms with Gasteiger partial charge in [-0.05, 0) is 49.9 Å². The van der Waals surface area contributed by atoms with Crippen molar-refractivity contribution in [3.05, 3.63) is 35.4 Å². The Morgan fingerprint density at radius 2 is 1.55 bits per heavy atom. The standard InChI is InChI=1S/C16H20N2O4/c1-17-14(19)10-6-8-13(9-7-10)18-15(20)11-2-4-12(5-3-11)16(21)22/h2-5,10,13H,6-9H2,1H3,(H,17,19)(H,18,20)(H,21,22). The summed E-state index contributed by atoms with van der Waals surface area (Å²) < 4.78 is 0. The second-order valence-corrected chi connectivity index (χ2v) is 5.52. The highest BCUT2D eigenvalue weighted by Gasteiger charge is 2.26. The lowest BCUT2D eigenvalue weighted by Gasteiger charge is -2.28. The van der Waals surface area contributed by atoms with Gasteiger partial charge in [0.2, 0.25) is 5.91 Å². The highest BCUT2D eigenvalue weighted by molar-refractivity contribution is 5.96. The fourth-order valence-corrected chi connectivity index (χ4v) is 2.74. The fourth-order valence-electron chi connectivity index (χ4n) is 2.74. The molecule has 2 amide bonds. The molecule has 0 heterocycles. The van der Waals surface area contributed by atoms with Crippen molar-refractivity contribution in [2.75, 3.05) is 7.05 Å². The van der Waals surface area contributed by atoms with E-state index < -0.39 is 5.97 Å². The average molecular weight is 304 g/mol. The van der Waals surface area contributed by atoms with E-state index in [-0.39, 0.29) is 29.3 Å². The topological polar surface area (TPSA) is 95.5 Å². The van der Waals surface area contributed by atoms with Gasteiger partial charge in [-0.1, -0.05) is 0 Å². The Bertz CT molecular complexity index is 560. The number of nitrogens with one attached hydrogen (secondary N) is 2. The molecule has 1 saturated carbocycles. The van der Waals surface area contributed by atoms with Crippen LogP contribution in [-0.2, 0) is 4.79 Å². The van der Waals surface area contributed by atoms with E-state index in [0.29, 0.717) is 5.56 Å². The molecule has 1 fully saturated rings. The molecular formula is C16H20N2O4. The molecule has 3 N–H and O–H groups in total. The summed E-state index contributed by atoms with van der Waals surface area (Å²) in [6.45, 7) is 0. The number of hydrogen-bond donors (Lipinski definition) is 3. The number of aromatic carboxylic acids is 1. The van der Waals surface area contributed by atoms with Crippen molar-refractivity contribution in [1.29, 1.82) is 0 Å². The molecule has 0 radical (unpaired) electrons. The number of carbonyl (C=O) groups is 3. The summed E-state index contributed by atoms with van der Waals surface area (Å²) in [5.41, 5.74) is 0.598. The summed E-state index contributed by atoms with van der Waals surface area (Å²) in [4.78, 5) is 34.5. The van der Waals surface area contributed by atoms with Crippen molar-refractivity contribution in [3.8, 4) is 0 Å². The van der Waals surface area contributed by atoms with Crippen LogP contribution in [0.3, 0.4) is 0 Å². The van der Waals surface area contributed by atoms with Gasteiger partial charge in [0.05, 0.1) is 5.56 Å². The molecule has 0 saturated heterocycles. The maximum Gasteiger partial charge on any atom is 0.335 e. The van der Waals surface area contributed by atoms with Crippen molar-refractivity contribution in [2.45, 2.75) is 31.7 Å². The molecule has 0 unspecified atom stereocenters. The van der Waals surface area contributed by atoms with Gasteiger partial charge in [0, 0.05) is 24.6 Å². The minimum absolute atomic E-state index is 0.0352. The van der Waals surface area contributed by atoms with Crippen molar-refractivity contribution >= 4 is 17.8 Å². The third-order valence-electron chi connectivity index (χ3n) is 4.07. The van der Waals surface area contributed by atoms with E-state index in [1.807, 2.05) is 0 Å². The molecule has 6 heteroatoms. The summed E-state index contributed by atoms with van der Waals surface area (Å²) in [6.07, 6.45) is 3.08. The molecule has 2 rings (SSSR count). The lowest BCUT2D eigenvalue weighted by Crippen LogP contribution is -2.40. The van der Waals surface area contributed by atoms with E-state index in [9.17, 15) is 14.4 Å². The van der Waals surface area contributed by atoms with E-state index in [0.717, 1.165) is 25.7 Å². The number of hydrogen-bond acceptors (Lipinski definition) is 3. The Morgan fingerprint density at radius 1 is 1.00 bits per heavy atom. The first-order chi connectivity index (χ1) is 10.5. The van der Waals surface area contributed by atoms with Gasteiger partial charge in [-0.15, -0.1) is 0 Å². The molecule has 1 aliphatic rings. The quantitative estimate of drug-likeness (QED) is 0.784. The summed E-state index contributed by atoms with van der Waals surface area (Å²) in [6, 6.07) is 5.91. The fraction of sp³-hybridized carbons (Fsp3) is 0.438.